The van der Waals surface area contributed by atoms with Gasteiger partial charge >= 0.3 is 6.09 Å². The predicted molar refractivity (Wildman–Crippen MR) is 84.6 cm³/mol. The van der Waals surface area contributed by atoms with Crippen LogP contribution in [0.15, 0.2) is 0 Å². The first-order valence-electron chi connectivity index (χ1n) is 8.30. The molecule has 2 fully saturated rings. The molecular weight excluding hydrogens is 282 g/mol. The van der Waals surface area contributed by atoms with Crippen LogP contribution >= 0.6 is 0 Å². The number of ether oxygens (including phenoxy) is 1. The van der Waals surface area contributed by atoms with Crippen molar-refractivity contribution in [3.8, 4) is 0 Å². The smallest absolute Gasteiger partial charge is 0.410 e. The molecule has 0 aromatic heterocycles. The van der Waals surface area contributed by atoms with Crippen LogP contribution in [0.25, 0.3) is 0 Å². The summed E-state index contributed by atoms with van der Waals surface area (Å²) in [6, 6.07) is -0.0238. The molecule has 2 unspecified atom stereocenters. The fourth-order valence-corrected chi connectivity index (χ4v) is 3.23. The molecular formula is C16H29N3O3. The quantitative estimate of drug-likeness (QED) is 0.857. The van der Waals surface area contributed by atoms with Crippen LogP contribution in [0.4, 0.5) is 4.79 Å². The Labute approximate surface area is 133 Å². The van der Waals surface area contributed by atoms with E-state index in [1.807, 2.05) is 27.7 Å². The zero-order valence-electron chi connectivity index (χ0n) is 14.2. The highest BCUT2D eigenvalue weighted by Gasteiger charge is 2.34. The molecule has 0 aromatic rings. The Bertz CT molecular complexity index is 419. The number of carbonyl (C=O) groups is 2. The molecule has 0 spiro atoms. The third-order valence-electron chi connectivity index (χ3n) is 4.26. The normalized spacial score (nSPS) is 26.9. The number of likely N-dealkylation sites (tertiary alicyclic amines) is 1. The number of hydrogen-bond acceptors (Lipinski definition) is 4. The van der Waals surface area contributed by atoms with E-state index in [0.29, 0.717) is 5.92 Å². The molecule has 22 heavy (non-hydrogen) atoms. The highest BCUT2D eigenvalue weighted by atomic mass is 16.6. The predicted octanol–water partition coefficient (Wildman–Crippen LogP) is 1.45. The number of nitrogens with one attached hydrogen (secondary N) is 1. The van der Waals surface area contributed by atoms with Crippen LogP contribution in [0.1, 0.15) is 40.5 Å². The average molecular weight is 311 g/mol. The van der Waals surface area contributed by atoms with Gasteiger partial charge < -0.3 is 15.0 Å². The first-order valence-corrected chi connectivity index (χ1v) is 8.30. The van der Waals surface area contributed by atoms with E-state index in [-0.39, 0.29) is 18.0 Å². The lowest BCUT2D eigenvalue weighted by Crippen LogP contribution is -2.56. The maximum atomic E-state index is 12.1. The molecule has 0 aromatic carbocycles. The minimum atomic E-state index is -0.451. The molecule has 6 heteroatoms. The molecule has 0 radical (unpaired) electrons. The van der Waals surface area contributed by atoms with E-state index in [2.05, 4.69) is 10.2 Å². The summed E-state index contributed by atoms with van der Waals surface area (Å²) in [7, 11) is 0. The summed E-state index contributed by atoms with van der Waals surface area (Å²) >= 11 is 0. The van der Waals surface area contributed by atoms with Crippen molar-refractivity contribution in [1.82, 2.24) is 15.1 Å². The molecule has 2 rings (SSSR count). The third-order valence-corrected chi connectivity index (χ3v) is 4.26. The van der Waals surface area contributed by atoms with Crippen molar-refractivity contribution in [2.45, 2.75) is 52.2 Å². The molecule has 2 aliphatic rings. The van der Waals surface area contributed by atoms with E-state index in [1.54, 1.807) is 4.90 Å². The highest BCUT2D eigenvalue weighted by molar-refractivity contribution is 5.82. The van der Waals surface area contributed by atoms with Crippen LogP contribution in [-0.4, -0.2) is 66.2 Å². The van der Waals surface area contributed by atoms with Crippen LogP contribution in [-0.2, 0) is 9.53 Å². The number of nitrogens with zero attached hydrogens (tertiary/aromatic N) is 2. The van der Waals surface area contributed by atoms with Gasteiger partial charge in [-0.3, -0.25) is 9.69 Å². The van der Waals surface area contributed by atoms with E-state index in [0.717, 1.165) is 45.6 Å². The lowest BCUT2D eigenvalue weighted by Gasteiger charge is -2.36. The van der Waals surface area contributed by atoms with Gasteiger partial charge in [0.05, 0.1) is 6.04 Å². The second-order valence-corrected chi connectivity index (χ2v) is 7.29. The summed E-state index contributed by atoms with van der Waals surface area (Å²) in [5, 5.41) is 2.93. The summed E-state index contributed by atoms with van der Waals surface area (Å²) < 4.78 is 5.43. The van der Waals surface area contributed by atoms with Crippen molar-refractivity contribution in [2.24, 2.45) is 5.92 Å². The number of rotatable bonds is 3. The van der Waals surface area contributed by atoms with Gasteiger partial charge in [-0.15, -0.1) is 0 Å². The van der Waals surface area contributed by atoms with E-state index in [1.165, 1.54) is 0 Å². The molecule has 1 N–H and O–H groups in total. The Hall–Kier alpha value is -1.30. The summed E-state index contributed by atoms with van der Waals surface area (Å²) in [5.41, 5.74) is -0.451. The topological polar surface area (TPSA) is 61.9 Å². The van der Waals surface area contributed by atoms with Crippen molar-refractivity contribution >= 4 is 12.0 Å². The molecule has 2 heterocycles. The fourth-order valence-electron chi connectivity index (χ4n) is 3.23. The maximum absolute atomic E-state index is 12.1. The number of hydrogen-bond donors (Lipinski definition) is 1. The molecule has 126 valence electrons. The zero-order chi connectivity index (χ0) is 16.3. The van der Waals surface area contributed by atoms with Gasteiger partial charge in [0.25, 0.3) is 0 Å². The van der Waals surface area contributed by atoms with Gasteiger partial charge in [0.1, 0.15) is 5.60 Å². The van der Waals surface area contributed by atoms with E-state index in [4.69, 9.17) is 4.74 Å². The largest absolute Gasteiger partial charge is 0.444 e. The van der Waals surface area contributed by atoms with Gasteiger partial charge in [0.2, 0.25) is 5.91 Å². The molecule has 2 atom stereocenters. The number of carbonyl (C=O) groups excluding carboxylic acids is 2. The Morgan fingerprint density at radius 2 is 2.09 bits per heavy atom. The van der Waals surface area contributed by atoms with Crippen molar-refractivity contribution in [1.29, 1.82) is 0 Å². The molecule has 0 bridgehead atoms. The van der Waals surface area contributed by atoms with Crippen LogP contribution in [0.3, 0.4) is 0 Å². The average Bonchev–Trinajstić information content (AvgIpc) is 2.86. The van der Waals surface area contributed by atoms with Crippen molar-refractivity contribution in [2.75, 3.05) is 32.7 Å². The van der Waals surface area contributed by atoms with E-state index in [9.17, 15) is 9.59 Å². The molecule has 2 saturated heterocycles. The maximum Gasteiger partial charge on any atom is 0.410 e. The monoisotopic (exact) mass is 311 g/mol. The molecule has 2 amide bonds. The molecule has 6 nitrogen and oxygen atoms in total. The minimum Gasteiger partial charge on any atom is -0.444 e. The van der Waals surface area contributed by atoms with Crippen molar-refractivity contribution in [3.05, 3.63) is 0 Å². The number of amides is 2. The first kappa shape index (κ1) is 17.1. The first-order chi connectivity index (χ1) is 10.3. The molecule has 2 aliphatic heterocycles. The molecule has 0 saturated carbocycles. The van der Waals surface area contributed by atoms with Crippen LogP contribution in [0, 0.1) is 5.92 Å². The SMILES string of the molecule is CCC1C(=O)NCCN1CC1CCN(C(=O)OC(C)(C)C)C1. The minimum absolute atomic E-state index is 0.0238. The number of piperazine rings is 1. The highest BCUT2D eigenvalue weighted by Crippen LogP contribution is 2.22. The molecule has 0 aliphatic carbocycles. The lowest BCUT2D eigenvalue weighted by molar-refractivity contribution is -0.129. The summed E-state index contributed by atoms with van der Waals surface area (Å²) in [4.78, 5) is 28.1. The third kappa shape index (κ3) is 4.35. The van der Waals surface area contributed by atoms with Crippen LogP contribution in [0.2, 0.25) is 0 Å². The van der Waals surface area contributed by atoms with Gasteiger partial charge in [0, 0.05) is 32.7 Å². The summed E-state index contributed by atoms with van der Waals surface area (Å²) in [6.07, 6.45) is 1.58. The van der Waals surface area contributed by atoms with Crippen LogP contribution in [0.5, 0.6) is 0 Å². The van der Waals surface area contributed by atoms with Gasteiger partial charge in [-0.05, 0) is 39.5 Å². The Kier molecular flexibility index (Phi) is 5.32. The van der Waals surface area contributed by atoms with Gasteiger partial charge in [-0.2, -0.15) is 0 Å². The lowest BCUT2D eigenvalue weighted by atomic mass is 10.0. The Morgan fingerprint density at radius 1 is 1.36 bits per heavy atom. The Morgan fingerprint density at radius 3 is 2.73 bits per heavy atom. The van der Waals surface area contributed by atoms with Gasteiger partial charge in [-0.1, -0.05) is 6.92 Å². The summed E-state index contributed by atoms with van der Waals surface area (Å²) in [5.74, 6) is 0.559. The second-order valence-electron chi connectivity index (χ2n) is 7.29. The van der Waals surface area contributed by atoms with E-state index >= 15 is 0 Å². The standard InChI is InChI=1S/C16H29N3O3/c1-5-13-14(20)17-7-9-18(13)10-12-6-8-19(11-12)15(21)22-16(2,3)4/h12-13H,5-11H2,1-4H3,(H,17,20). The Balaban J connectivity index is 1.85. The summed E-state index contributed by atoms with van der Waals surface area (Å²) in [6.45, 7) is 11.7. The zero-order valence-corrected chi connectivity index (χ0v) is 14.2. The fraction of sp³-hybridized carbons (Fsp3) is 0.875. The van der Waals surface area contributed by atoms with Crippen LogP contribution < -0.4 is 5.32 Å². The van der Waals surface area contributed by atoms with E-state index < -0.39 is 5.60 Å². The second kappa shape index (κ2) is 6.86. The van der Waals surface area contributed by atoms with Gasteiger partial charge in [0.15, 0.2) is 0 Å². The van der Waals surface area contributed by atoms with Gasteiger partial charge in [-0.25, -0.2) is 4.79 Å². The van der Waals surface area contributed by atoms with Crippen molar-refractivity contribution in [3.63, 3.8) is 0 Å². The van der Waals surface area contributed by atoms with Crippen molar-refractivity contribution < 1.29 is 14.3 Å².